The Balaban J connectivity index is 1.40. The van der Waals surface area contributed by atoms with E-state index < -0.39 is 12.2 Å². The van der Waals surface area contributed by atoms with Crippen LogP contribution in [0.4, 0.5) is 19.0 Å². The van der Waals surface area contributed by atoms with E-state index in [1.165, 1.54) is 25.7 Å². The SMILES string of the molecule is Cc1cc2n(n1)[C@@H](C(F)(F)F)C[C@@H](C1CCCN(C(=O)CCC3CCCC3)C1)N2. The Morgan fingerprint density at radius 3 is 2.72 bits per heavy atom. The van der Waals surface area contributed by atoms with Crippen LogP contribution in [-0.4, -0.2) is 45.9 Å². The number of aromatic nitrogens is 2. The van der Waals surface area contributed by atoms with Crippen LogP contribution in [0.3, 0.4) is 0 Å². The Hall–Kier alpha value is -1.73. The van der Waals surface area contributed by atoms with Crippen molar-refractivity contribution in [3.05, 3.63) is 11.8 Å². The number of amides is 1. The number of piperidine rings is 1. The summed E-state index contributed by atoms with van der Waals surface area (Å²) in [5.74, 6) is 1.32. The zero-order valence-corrected chi connectivity index (χ0v) is 17.0. The molecule has 1 N–H and O–H groups in total. The quantitative estimate of drug-likeness (QED) is 0.781. The van der Waals surface area contributed by atoms with Crippen LogP contribution in [-0.2, 0) is 4.79 Å². The lowest BCUT2D eigenvalue weighted by Gasteiger charge is -2.41. The summed E-state index contributed by atoms with van der Waals surface area (Å²) in [5, 5.41) is 7.34. The van der Waals surface area contributed by atoms with E-state index in [2.05, 4.69) is 10.4 Å². The fourth-order valence-electron chi connectivity index (χ4n) is 5.38. The smallest absolute Gasteiger partial charge is 0.367 e. The Kier molecular flexibility index (Phi) is 5.80. The van der Waals surface area contributed by atoms with Gasteiger partial charge in [-0.2, -0.15) is 18.3 Å². The third-order valence-electron chi connectivity index (χ3n) is 6.96. The van der Waals surface area contributed by atoms with Crippen molar-refractivity contribution >= 4 is 11.7 Å². The molecule has 1 saturated carbocycles. The second kappa shape index (κ2) is 8.19. The number of anilines is 1. The highest BCUT2D eigenvalue weighted by Crippen LogP contribution is 2.42. The molecule has 3 heterocycles. The molecule has 3 atom stereocenters. The summed E-state index contributed by atoms with van der Waals surface area (Å²) in [6, 6.07) is -0.223. The minimum absolute atomic E-state index is 0.0352. The van der Waals surface area contributed by atoms with Gasteiger partial charge in [0.25, 0.3) is 0 Å². The van der Waals surface area contributed by atoms with Crippen LogP contribution >= 0.6 is 0 Å². The maximum absolute atomic E-state index is 13.7. The van der Waals surface area contributed by atoms with Gasteiger partial charge in [0, 0.05) is 31.6 Å². The predicted molar refractivity (Wildman–Crippen MR) is 105 cm³/mol. The number of nitrogens with zero attached hydrogens (tertiary/aromatic N) is 3. The van der Waals surface area contributed by atoms with E-state index in [0.29, 0.717) is 30.4 Å². The highest BCUT2D eigenvalue weighted by atomic mass is 19.4. The number of halogens is 3. The van der Waals surface area contributed by atoms with Crippen LogP contribution in [0.5, 0.6) is 0 Å². The molecule has 0 spiro atoms. The van der Waals surface area contributed by atoms with Crippen LogP contribution in [0.25, 0.3) is 0 Å². The van der Waals surface area contributed by atoms with Crippen molar-refractivity contribution in [2.24, 2.45) is 11.8 Å². The average molecular weight is 413 g/mol. The Bertz CT molecular complexity index is 726. The summed E-state index contributed by atoms with van der Waals surface area (Å²) in [6.45, 7) is 2.99. The fourth-order valence-corrected chi connectivity index (χ4v) is 5.38. The number of carbonyl (C=O) groups is 1. The number of rotatable bonds is 4. The van der Waals surface area contributed by atoms with Crippen molar-refractivity contribution in [1.29, 1.82) is 0 Å². The van der Waals surface area contributed by atoms with Gasteiger partial charge in [0.2, 0.25) is 5.91 Å². The Labute approximate surface area is 170 Å². The number of fused-ring (bicyclic) bond motifs is 1. The van der Waals surface area contributed by atoms with Gasteiger partial charge in [-0.3, -0.25) is 4.79 Å². The molecular weight excluding hydrogens is 381 g/mol. The first-order valence-corrected chi connectivity index (χ1v) is 11.0. The summed E-state index contributed by atoms with van der Waals surface area (Å²) in [5.41, 5.74) is 0.578. The van der Waals surface area contributed by atoms with Gasteiger partial charge in [-0.1, -0.05) is 25.7 Å². The lowest BCUT2D eigenvalue weighted by molar-refractivity contribution is -0.175. The summed E-state index contributed by atoms with van der Waals surface area (Å²) in [7, 11) is 0. The molecule has 4 rings (SSSR count). The largest absolute Gasteiger partial charge is 0.410 e. The van der Waals surface area contributed by atoms with Gasteiger partial charge in [-0.25, -0.2) is 4.68 Å². The molecule has 2 fully saturated rings. The maximum atomic E-state index is 13.7. The molecule has 1 aromatic rings. The molecule has 1 unspecified atom stereocenters. The molecule has 1 aliphatic carbocycles. The zero-order valence-electron chi connectivity index (χ0n) is 17.0. The van der Waals surface area contributed by atoms with Crippen LogP contribution in [0, 0.1) is 18.8 Å². The molecule has 0 aromatic carbocycles. The number of aryl methyl sites for hydroxylation is 1. The van der Waals surface area contributed by atoms with Gasteiger partial charge < -0.3 is 10.2 Å². The molecule has 0 radical (unpaired) electrons. The molecular formula is C21H31F3N4O. The molecule has 5 nitrogen and oxygen atoms in total. The molecule has 8 heteroatoms. The van der Waals surface area contributed by atoms with E-state index >= 15 is 0 Å². The van der Waals surface area contributed by atoms with E-state index in [-0.39, 0.29) is 24.3 Å². The van der Waals surface area contributed by atoms with Crippen LogP contribution in [0.1, 0.15) is 69.5 Å². The first-order chi connectivity index (χ1) is 13.8. The van der Waals surface area contributed by atoms with Crippen LogP contribution < -0.4 is 5.32 Å². The molecule has 29 heavy (non-hydrogen) atoms. The standard InChI is InChI=1S/C21H31F3N4O/c1-14-11-19-25-17(12-18(21(22,23)24)28(19)26-14)16-7-4-10-27(13-16)20(29)9-8-15-5-2-3-6-15/h11,15-18,25H,2-10,12-13H2,1H3/t16?,17-,18+/m0/s1. The van der Waals surface area contributed by atoms with Crippen molar-refractivity contribution in [3.63, 3.8) is 0 Å². The minimum Gasteiger partial charge on any atom is -0.367 e. The van der Waals surface area contributed by atoms with Gasteiger partial charge in [0.05, 0.1) is 5.69 Å². The second-order valence-electron chi connectivity index (χ2n) is 9.09. The molecule has 2 aliphatic heterocycles. The predicted octanol–water partition coefficient (Wildman–Crippen LogP) is 4.69. The normalized spacial score (nSPS) is 28.3. The van der Waals surface area contributed by atoms with Gasteiger partial charge in [-0.15, -0.1) is 0 Å². The monoisotopic (exact) mass is 412 g/mol. The maximum Gasteiger partial charge on any atom is 0.410 e. The van der Waals surface area contributed by atoms with Gasteiger partial charge >= 0.3 is 6.18 Å². The molecule has 162 valence electrons. The molecule has 1 aromatic heterocycles. The number of hydrogen-bond acceptors (Lipinski definition) is 3. The van der Waals surface area contributed by atoms with Crippen molar-refractivity contribution < 1.29 is 18.0 Å². The summed E-state index contributed by atoms with van der Waals surface area (Å²) >= 11 is 0. The highest BCUT2D eigenvalue weighted by Gasteiger charge is 2.47. The van der Waals surface area contributed by atoms with Gasteiger partial charge in [0.15, 0.2) is 6.04 Å². The lowest BCUT2D eigenvalue weighted by atomic mass is 9.85. The summed E-state index contributed by atoms with van der Waals surface area (Å²) < 4.78 is 42.1. The van der Waals surface area contributed by atoms with E-state index in [4.69, 9.17) is 0 Å². The van der Waals surface area contributed by atoms with Crippen molar-refractivity contribution in [2.45, 2.75) is 83.0 Å². The molecule has 1 amide bonds. The topological polar surface area (TPSA) is 50.2 Å². The van der Waals surface area contributed by atoms with Crippen molar-refractivity contribution in [1.82, 2.24) is 14.7 Å². The molecule has 0 bridgehead atoms. The Morgan fingerprint density at radius 2 is 2.00 bits per heavy atom. The van der Waals surface area contributed by atoms with Gasteiger partial charge in [0.1, 0.15) is 5.82 Å². The van der Waals surface area contributed by atoms with Gasteiger partial charge in [-0.05, 0) is 44.4 Å². The van der Waals surface area contributed by atoms with Crippen LogP contribution in [0.15, 0.2) is 6.07 Å². The summed E-state index contributed by atoms with van der Waals surface area (Å²) in [4.78, 5) is 14.6. The third-order valence-corrected chi connectivity index (χ3v) is 6.96. The van der Waals surface area contributed by atoms with Crippen molar-refractivity contribution in [2.75, 3.05) is 18.4 Å². The zero-order chi connectivity index (χ0) is 20.6. The average Bonchev–Trinajstić information content (AvgIpc) is 3.32. The van der Waals surface area contributed by atoms with E-state index in [9.17, 15) is 18.0 Å². The first-order valence-electron chi connectivity index (χ1n) is 11.0. The lowest BCUT2D eigenvalue weighted by Crippen LogP contribution is -2.49. The number of nitrogens with one attached hydrogen (secondary N) is 1. The number of alkyl halides is 3. The second-order valence-corrected chi connectivity index (χ2v) is 9.09. The fraction of sp³-hybridized carbons (Fsp3) is 0.810. The highest BCUT2D eigenvalue weighted by molar-refractivity contribution is 5.76. The van der Waals surface area contributed by atoms with Crippen molar-refractivity contribution in [3.8, 4) is 0 Å². The number of carbonyl (C=O) groups excluding carboxylic acids is 1. The van der Waals surface area contributed by atoms with E-state index in [0.717, 1.165) is 30.5 Å². The third kappa shape index (κ3) is 4.56. The van der Waals surface area contributed by atoms with E-state index in [1.54, 1.807) is 13.0 Å². The van der Waals surface area contributed by atoms with Crippen LogP contribution in [0.2, 0.25) is 0 Å². The Morgan fingerprint density at radius 1 is 1.24 bits per heavy atom. The molecule has 3 aliphatic rings. The first kappa shape index (κ1) is 20.5. The minimum atomic E-state index is -4.33. The number of hydrogen-bond donors (Lipinski definition) is 1. The van der Waals surface area contributed by atoms with E-state index in [1.807, 2.05) is 4.90 Å². The molecule has 1 saturated heterocycles. The summed E-state index contributed by atoms with van der Waals surface area (Å²) in [6.07, 6.45) is 3.87. The number of likely N-dealkylation sites (tertiary alicyclic amines) is 1.